The number of carboxylic acids is 1. The number of carboxylic acid groups (broad SMARTS) is 1. The first kappa shape index (κ1) is 11.1. The van der Waals surface area contributed by atoms with E-state index < -0.39 is 5.97 Å². The van der Waals surface area contributed by atoms with Gasteiger partial charge in [-0.05, 0) is 18.2 Å². The fraction of sp³-hybridized carbons (Fsp3) is 0.364. The lowest BCUT2D eigenvalue weighted by molar-refractivity contribution is 0.0697. The Morgan fingerprint density at radius 2 is 2.38 bits per heavy atom. The summed E-state index contributed by atoms with van der Waals surface area (Å²) in [5, 5.41) is 12.1. The van der Waals surface area contributed by atoms with Gasteiger partial charge in [-0.2, -0.15) is 12.6 Å². The number of nitrogens with zero attached hydrogens (tertiary/aromatic N) is 1. The van der Waals surface area contributed by atoms with Crippen molar-refractivity contribution in [3.63, 3.8) is 0 Å². The summed E-state index contributed by atoms with van der Waals surface area (Å²) >= 11 is 4.22. The number of anilines is 2. The summed E-state index contributed by atoms with van der Waals surface area (Å²) < 4.78 is 0. The van der Waals surface area contributed by atoms with Gasteiger partial charge in [0.05, 0.1) is 16.9 Å². The fourth-order valence-electron chi connectivity index (χ4n) is 1.89. The van der Waals surface area contributed by atoms with E-state index in [-0.39, 0.29) is 0 Å². The van der Waals surface area contributed by atoms with E-state index in [4.69, 9.17) is 5.11 Å². The van der Waals surface area contributed by atoms with Gasteiger partial charge in [0.2, 0.25) is 0 Å². The molecule has 0 saturated carbocycles. The van der Waals surface area contributed by atoms with Crippen molar-refractivity contribution in [3.05, 3.63) is 23.8 Å². The zero-order chi connectivity index (χ0) is 11.5. The molecule has 0 aromatic heterocycles. The topological polar surface area (TPSA) is 52.6 Å². The molecule has 0 unspecified atom stereocenters. The molecule has 2 rings (SSSR count). The smallest absolute Gasteiger partial charge is 0.335 e. The van der Waals surface area contributed by atoms with Crippen molar-refractivity contribution in [2.45, 2.75) is 0 Å². The molecule has 0 spiro atoms. The van der Waals surface area contributed by atoms with Crippen LogP contribution in [0, 0.1) is 0 Å². The Labute approximate surface area is 99.7 Å². The molecule has 0 saturated heterocycles. The van der Waals surface area contributed by atoms with E-state index in [1.165, 1.54) is 0 Å². The van der Waals surface area contributed by atoms with Crippen molar-refractivity contribution < 1.29 is 9.90 Å². The number of fused-ring (bicyclic) bond motifs is 1. The van der Waals surface area contributed by atoms with E-state index in [1.54, 1.807) is 12.1 Å². The van der Waals surface area contributed by atoms with Crippen molar-refractivity contribution in [3.8, 4) is 0 Å². The first-order valence-corrected chi connectivity index (χ1v) is 5.82. The van der Waals surface area contributed by atoms with Crippen molar-refractivity contribution in [2.75, 3.05) is 35.6 Å². The molecule has 0 atom stereocenters. The Morgan fingerprint density at radius 1 is 1.56 bits per heavy atom. The lowest BCUT2D eigenvalue weighted by atomic mass is 10.1. The number of carbonyl (C=O) groups is 1. The first-order valence-electron chi connectivity index (χ1n) is 5.19. The van der Waals surface area contributed by atoms with Gasteiger partial charge >= 0.3 is 5.97 Å². The Hall–Kier alpha value is -1.36. The highest BCUT2D eigenvalue weighted by atomic mass is 32.1. The largest absolute Gasteiger partial charge is 0.478 e. The number of aromatic carboxylic acids is 1. The molecule has 1 heterocycles. The third kappa shape index (κ3) is 2.09. The number of hydrogen-bond donors (Lipinski definition) is 3. The van der Waals surface area contributed by atoms with Crippen LogP contribution >= 0.6 is 12.6 Å². The minimum absolute atomic E-state index is 0.318. The molecule has 2 N–H and O–H groups in total. The third-order valence-corrected chi connectivity index (χ3v) is 2.85. The van der Waals surface area contributed by atoms with E-state index in [9.17, 15) is 4.79 Å². The normalized spacial score (nSPS) is 14.2. The predicted octanol–water partition coefficient (Wildman–Crippen LogP) is 1.55. The molecule has 5 heteroatoms. The highest BCUT2D eigenvalue weighted by Gasteiger charge is 2.17. The second kappa shape index (κ2) is 4.65. The van der Waals surface area contributed by atoms with Crippen LogP contribution in [0.15, 0.2) is 18.2 Å². The number of thiol groups is 1. The van der Waals surface area contributed by atoms with E-state index in [1.807, 2.05) is 6.07 Å². The Morgan fingerprint density at radius 3 is 3.06 bits per heavy atom. The van der Waals surface area contributed by atoms with Crippen LogP contribution in [0.3, 0.4) is 0 Å². The number of rotatable bonds is 3. The molecule has 0 fully saturated rings. The van der Waals surface area contributed by atoms with Crippen LogP contribution in [0.25, 0.3) is 0 Å². The molecule has 0 radical (unpaired) electrons. The van der Waals surface area contributed by atoms with Crippen molar-refractivity contribution in [1.82, 2.24) is 0 Å². The molecule has 1 aromatic rings. The minimum atomic E-state index is -0.893. The quantitative estimate of drug-likeness (QED) is 0.699. The average Bonchev–Trinajstić information content (AvgIpc) is 2.29. The van der Waals surface area contributed by atoms with E-state index in [0.29, 0.717) is 5.56 Å². The third-order valence-electron chi connectivity index (χ3n) is 2.65. The summed E-state index contributed by atoms with van der Waals surface area (Å²) in [5.74, 6) is -0.101. The lowest BCUT2D eigenvalue weighted by Gasteiger charge is -2.31. The van der Waals surface area contributed by atoms with E-state index in [2.05, 4.69) is 22.8 Å². The van der Waals surface area contributed by atoms with Gasteiger partial charge in [0.1, 0.15) is 0 Å². The van der Waals surface area contributed by atoms with Crippen LogP contribution in [0.4, 0.5) is 11.4 Å². The maximum atomic E-state index is 10.8. The van der Waals surface area contributed by atoms with Crippen molar-refractivity contribution in [1.29, 1.82) is 0 Å². The molecule has 0 bridgehead atoms. The van der Waals surface area contributed by atoms with Gasteiger partial charge in [-0.15, -0.1) is 0 Å². The van der Waals surface area contributed by atoms with Gasteiger partial charge in [0, 0.05) is 25.4 Å². The van der Waals surface area contributed by atoms with E-state index in [0.717, 1.165) is 36.8 Å². The molecule has 16 heavy (non-hydrogen) atoms. The fourth-order valence-corrected chi connectivity index (χ4v) is 2.13. The van der Waals surface area contributed by atoms with Crippen molar-refractivity contribution >= 4 is 30.0 Å². The predicted molar refractivity (Wildman–Crippen MR) is 68.0 cm³/mol. The molecule has 0 aliphatic carbocycles. The molecule has 1 aliphatic heterocycles. The lowest BCUT2D eigenvalue weighted by Crippen LogP contribution is -2.35. The molecule has 1 aliphatic rings. The monoisotopic (exact) mass is 238 g/mol. The average molecular weight is 238 g/mol. The highest BCUT2D eigenvalue weighted by Crippen LogP contribution is 2.29. The minimum Gasteiger partial charge on any atom is -0.478 e. The standard InChI is InChI=1S/C11H14N2O2S/c14-11(15)8-1-2-10-9(7-8)12-3-4-13(10)5-6-16/h1-2,7,12,16H,3-6H2,(H,14,15). The maximum absolute atomic E-state index is 10.8. The number of nitrogens with one attached hydrogen (secondary N) is 1. The summed E-state index contributed by atoms with van der Waals surface area (Å²) in [4.78, 5) is 13.1. The van der Waals surface area contributed by atoms with Crippen LogP contribution in [-0.2, 0) is 0 Å². The van der Waals surface area contributed by atoms with Crippen molar-refractivity contribution in [2.24, 2.45) is 0 Å². The number of benzene rings is 1. The summed E-state index contributed by atoms with van der Waals surface area (Å²) in [6.45, 7) is 2.65. The Kier molecular flexibility index (Phi) is 3.24. The summed E-state index contributed by atoms with van der Waals surface area (Å²) in [5.41, 5.74) is 2.28. The summed E-state index contributed by atoms with van der Waals surface area (Å²) in [6.07, 6.45) is 0. The zero-order valence-corrected chi connectivity index (χ0v) is 9.70. The van der Waals surface area contributed by atoms with Gasteiger partial charge in [-0.25, -0.2) is 4.79 Å². The first-order chi connectivity index (χ1) is 7.72. The number of hydrogen-bond acceptors (Lipinski definition) is 4. The zero-order valence-electron chi connectivity index (χ0n) is 8.81. The van der Waals surface area contributed by atoms with Gasteiger partial charge in [0.25, 0.3) is 0 Å². The SMILES string of the molecule is O=C(O)c1ccc2c(c1)NCCN2CCS. The van der Waals surface area contributed by atoms with Gasteiger partial charge in [0.15, 0.2) is 0 Å². The second-order valence-electron chi connectivity index (χ2n) is 3.67. The van der Waals surface area contributed by atoms with Crippen LogP contribution in [-0.4, -0.2) is 36.5 Å². The maximum Gasteiger partial charge on any atom is 0.335 e. The molecule has 86 valence electrons. The molecule has 0 amide bonds. The highest BCUT2D eigenvalue weighted by molar-refractivity contribution is 7.80. The molecular weight excluding hydrogens is 224 g/mol. The van der Waals surface area contributed by atoms with Crippen LogP contribution in [0.1, 0.15) is 10.4 Å². The second-order valence-corrected chi connectivity index (χ2v) is 4.12. The Bertz CT molecular complexity index is 409. The molecule has 1 aromatic carbocycles. The summed E-state index contributed by atoms with van der Waals surface area (Å²) in [6, 6.07) is 5.18. The molecule has 4 nitrogen and oxygen atoms in total. The van der Waals surface area contributed by atoms with Crippen LogP contribution in [0.2, 0.25) is 0 Å². The summed E-state index contributed by atoms with van der Waals surface area (Å²) in [7, 11) is 0. The van der Waals surface area contributed by atoms with Gasteiger partial charge in [-0.3, -0.25) is 0 Å². The van der Waals surface area contributed by atoms with Crippen LogP contribution in [0.5, 0.6) is 0 Å². The van der Waals surface area contributed by atoms with Gasteiger partial charge < -0.3 is 15.3 Å². The van der Waals surface area contributed by atoms with Gasteiger partial charge in [-0.1, -0.05) is 0 Å². The van der Waals surface area contributed by atoms with E-state index >= 15 is 0 Å². The molecular formula is C11H14N2O2S. The van der Waals surface area contributed by atoms with Crippen LogP contribution < -0.4 is 10.2 Å². The Balaban J connectivity index is 2.32.